The fourth-order valence-corrected chi connectivity index (χ4v) is 3.37. The zero-order valence-corrected chi connectivity index (χ0v) is 15.3. The van der Waals surface area contributed by atoms with Crippen molar-refractivity contribution in [2.45, 2.75) is 26.7 Å². The van der Waals surface area contributed by atoms with E-state index in [1.54, 1.807) is 36.4 Å². The number of hydrogen-bond acceptors (Lipinski definition) is 3. The zero-order valence-electron chi connectivity index (χ0n) is 15.3. The molecule has 136 valence electrons. The van der Waals surface area contributed by atoms with Crippen LogP contribution in [0.3, 0.4) is 0 Å². The summed E-state index contributed by atoms with van der Waals surface area (Å²) in [5.41, 5.74) is 9.01. The summed E-state index contributed by atoms with van der Waals surface area (Å²) in [4.78, 5) is 27.0. The lowest BCUT2D eigenvalue weighted by Crippen LogP contribution is -2.39. The van der Waals surface area contributed by atoms with Gasteiger partial charge >= 0.3 is 0 Å². The molecule has 3 N–H and O–H groups in total. The van der Waals surface area contributed by atoms with Crippen molar-refractivity contribution < 1.29 is 9.59 Å². The molecule has 0 aromatic heterocycles. The Bertz CT molecular complexity index is 832. The van der Waals surface area contributed by atoms with Crippen LogP contribution >= 0.6 is 0 Å². The Hall–Kier alpha value is -2.82. The van der Waals surface area contributed by atoms with Crippen molar-refractivity contribution in [1.82, 2.24) is 4.90 Å². The van der Waals surface area contributed by atoms with Crippen LogP contribution in [0.2, 0.25) is 0 Å². The van der Waals surface area contributed by atoms with Crippen molar-refractivity contribution in [2.24, 2.45) is 5.92 Å². The van der Waals surface area contributed by atoms with E-state index in [1.807, 2.05) is 17.9 Å². The molecule has 2 aromatic carbocycles. The Balaban J connectivity index is 1.73. The molecule has 0 aliphatic carbocycles. The quantitative estimate of drug-likeness (QED) is 0.828. The molecule has 1 fully saturated rings. The normalized spacial score (nSPS) is 17.0. The van der Waals surface area contributed by atoms with Crippen LogP contribution in [0.5, 0.6) is 0 Å². The van der Waals surface area contributed by atoms with E-state index in [0.717, 1.165) is 25.1 Å². The van der Waals surface area contributed by atoms with E-state index in [1.165, 1.54) is 6.42 Å². The first kappa shape index (κ1) is 18.0. The molecular weight excluding hydrogens is 326 g/mol. The van der Waals surface area contributed by atoms with Crippen molar-refractivity contribution in [3.8, 4) is 0 Å². The lowest BCUT2D eigenvalue weighted by atomic mass is 9.99. The summed E-state index contributed by atoms with van der Waals surface area (Å²) < 4.78 is 0. The zero-order chi connectivity index (χ0) is 18.7. The Morgan fingerprint density at radius 1 is 1.15 bits per heavy atom. The van der Waals surface area contributed by atoms with Gasteiger partial charge in [-0.2, -0.15) is 0 Å². The van der Waals surface area contributed by atoms with Gasteiger partial charge in [-0.05, 0) is 67.6 Å². The molecule has 5 nitrogen and oxygen atoms in total. The summed E-state index contributed by atoms with van der Waals surface area (Å²) in [6, 6.07) is 12.3. The number of hydrogen-bond donors (Lipinski definition) is 2. The Kier molecular flexibility index (Phi) is 5.26. The number of nitrogen functional groups attached to an aromatic ring is 1. The van der Waals surface area contributed by atoms with Gasteiger partial charge in [0, 0.05) is 35.6 Å². The summed E-state index contributed by atoms with van der Waals surface area (Å²) in [5.74, 6) is 0.392. The lowest BCUT2D eigenvalue weighted by Gasteiger charge is -2.31. The van der Waals surface area contributed by atoms with Crippen LogP contribution in [0.15, 0.2) is 42.5 Å². The fraction of sp³-hybridized carbons (Fsp3) is 0.333. The first-order valence-electron chi connectivity index (χ1n) is 9.01. The molecule has 5 heteroatoms. The Morgan fingerprint density at radius 3 is 2.65 bits per heavy atom. The molecule has 0 bridgehead atoms. The van der Waals surface area contributed by atoms with E-state index in [2.05, 4.69) is 12.2 Å². The third-order valence-corrected chi connectivity index (χ3v) is 4.81. The van der Waals surface area contributed by atoms with Crippen LogP contribution in [0.25, 0.3) is 0 Å². The summed E-state index contributed by atoms with van der Waals surface area (Å²) in [6.07, 6.45) is 2.23. The summed E-state index contributed by atoms with van der Waals surface area (Å²) in [5, 5.41) is 2.89. The second-order valence-corrected chi connectivity index (χ2v) is 7.11. The third-order valence-electron chi connectivity index (χ3n) is 4.81. The van der Waals surface area contributed by atoms with Gasteiger partial charge in [-0.15, -0.1) is 0 Å². The number of amides is 2. The number of piperidine rings is 1. The molecule has 0 radical (unpaired) electrons. The molecule has 2 amide bonds. The predicted octanol–water partition coefficient (Wildman–Crippen LogP) is 3.70. The monoisotopic (exact) mass is 351 g/mol. The van der Waals surface area contributed by atoms with E-state index in [0.29, 0.717) is 28.4 Å². The average Bonchev–Trinajstić information content (AvgIpc) is 2.62. The first-order chi connectivity index (χ1) is 12.4. The minimum absolute atomic E-state index is 0.0633. The molecule has 1 atom stereocenters. The van der Waals surface area contributed by atoms with Gasteiger partial charge in [0.1, 0.15) is 0 Å². The maximum absolute atomic E-state index is 12.7. The number of rotatable bonds is 3. The highest BCUT2D eigenvalue weighted by Crippen LogP contribution is 2.22. The number of anilines is 2. The van der Waals surface area contributed by atoms with Crippen LogP contribution in [-0.4, -0.2) is 29.8 Å². The Labute approximate surface area is 154 Å². The van der Waals surface area contributed by atoms with E-state index >= 15 is 0 Å². The highest BCUT2D eigenvalue weighted by Gasteiger charge is 2.22. The molecule has 1 saturated heterocycles. The van der Waals surface area contributed by atoms with E-state index < -0.39 is 0 Å². The minimum Gasteiger partial charge on any atom is -0.399 e. The molecule has 0 saturated carbocycles. The van der Waals surface area contributed by atoms with Crippen LogP contribution in [0.4, 0.5) is 11.4 Å². The van der Waals surface area contributed by atoms with Gasteiger partial charge in [0.05, 0.1) is 0 Å². The number of aryl methyl sites for hydroxylation is 1. The number of likely N-dealkylation sites (tertiary alicyclic amines) is 1. The maximum Gasteiger partial charge on any atom is 0.255 e. The van der Waals surface area contributed by atoms with Gasteiger partial charge in [0.2, 0.25) is 0 Å². The topological polar surface area (TPSA) is 75.4 Å². The van der Waals surface area contributed by atoms with E-state index in [-0.39, 0.29) is 11.8 Å². The van der Waals surface area contributed by atoms with Crippen LogP contribution in [0, 0.1) is 12.8 Å². The third kappa shape index (κ3) is 4.04. The molecule has 0 spiro atoms. The second-order valence-electron chi connectivity index (χ2n) is 7.11. The Morgan fingerprint density at radius 2 is 1.96 bits per heavy atom. The first-order valence-corrected chi connectivity index (χ1v) is 9.01. The number of nitrogens with one attached hydrogen (secondary N) is 1. The molecule has 1 heterocycles. The van der Waals surface area contributed by atoms with Crippen LogP contribution < -0.4 is 11.1 Å². The maximum atomic E-state index is 12.7. The minimum atomic E-state index is -0.218. The van der Waals surface area contributed by atoms with E-state index in [9.17, 15) is 9.59 Å². The van der Waals surface area contributed by atoms with Gasteiger partial charge < -0.3 is 16.0 Å². The highest BCUT2D eigenvalue weighted by atomic mass is 16.2. The smallest absolute Gasteiger partial charge is 0.255 e. The van der Waals surface area contributed by atoms with Crippen molar-refractivity contribution in [1.29, 1.82) is 0 Å². The van der Waals surface area contributed by atoms with Gasteiger partial charge in [0.25, 0.3) is 11.8 Å². The summed E-state index contributed by atoms with van der Waals surface area (Å²) in [7, 11) is 0. The number of carbonyl (C=O) groups excluding carboxylic acids is 2. The number of carbonyl (C=O) groups is 2. The fourth-order valence-electron chi connectivity index (χ4n) is 3.37. The molecule has 1 aliphatic rings. The standard InChI is InChI=1S/C21H25N3O2/c1-14-5-4-10-24(13-14)21(26)17-8-9-19(15(2)11-17)23-20(25)16-6-3-7-18(22)12-16/h3,6-9,11-12,14H,4-5,10,13,22H2,1-2H3,(H,23,25). The van der Waals surface area contributed by atoms with Gasteiger partial charge in [0.15, 0.2) is 0 Å². The highest BCUT2D eigenvalue weighted by molar-refractivity contribution is 6.05. The van der Waals surface area contributed by atoms with Crippen molar-refractivity contribution in [3.05, 3.63) is 59.2 Å². The molecule has 1 aliphatic heterocycles. The predicted molar refractivity (Wildman–Crippen MR) is 104 cm³/mol. The van der Waals surface area contributed by atoms with Gasteiger partial charge in [-0.1, -0.05) is 13.0 Å². The van der Waals surface area contributed by atoms with Gasteiger partial charge in [-0.3, -0.25) is 9.59 Å². The van der Waals surface area contributed by atoms with Crippen LogP contribution in [-0.2, 0) is 0 Å². The lowest BCUT2D eigenvalue weighted by molar-refractivity contribution is 0.0683. The largest absolute Gasteiger partial charge is 0.399 e. The summed E-state index contributed by atoms with van der Waals surface area (Å²) in [6.45, 7) is 5.70. The molecule has 3 rings (SSSR count). The molecule has 26 heavy (non-hydrogen) atoms. The SMILES string of the molecule is Cc1cc(C(=O)N2CCCC(C)C2)ccc1NC(=O)c1cccc(N)c1. The molecule has 2 aromatic rings. The number of nitrogens with two attached hydrogens (primary N) is 1. The second kappa shape index (κ2) is 7.60. The number of benzene rings is 2. The van der Waals surface area contributed by atoms with Gasteiger partial charge in [-0.25, -0.2) is 0 Å². The van der Waals surface area contributed by atoms with E-state index in [4.69, 9.17) is 5.73 Å². The van der Waals surface area contributed by atoms with Crippen molar-refractivity contribution in [2.75, 3.05) is 24.1 Å². The number of nitrogens with zero attached hydrogens (tertiary/aromatic N) is 1. The van der Waals surface area contributed by atoms with Crippen LogP contribution in [0.1, 0.15) is 46.0 Å². The summed E-state index contributed by atoms with van der Waals surface area (Å²) >= 11 is 0. The molecule has 1 unspecified atom stereocenters. The van der Waals surface area contributed by atoms with Crippen molar-refractivity contribution >= 4 is 23.2 Å². The molecular formula is C21H25N3O2. The van der Waals surface area contributed by atoms with Crippen molar-refractivity contribution in [3.63, 3.8) is 0 Å². The average molecular weight is 351 g/mol.